The summed E-state index contributed by atoms with van der Waals surface area (Å²) in [6.07, 6.45) is 4.63. The van der Waals surface area contributed by atoms with E-state index in [1.54, 1.807) is 7.11 Å². The third-order valence-electron chi connectivity index (χ3n) is 7.03. The van der Waals surface area contributed by atoms with Gasteiger partial charge in [-0.1, -0.05) is 12.6 Å². The van der Waals surface area contributed by atoms with Gasteiger partial charge in [0.25, 0.3) is 0 Å². The number of fused-ring (bicyclic) bond motifs is 1. The first-order chi connectivity index (χ1) is 18.4. The molecule has 0 aliphatic carbocycles. The fourth-order valence-corrected chi connectivity index (χ4v) is 4.69. The molecule has 1 unspecified atom stereocenters. The number of anilines is 4. The van der Waals surface area contributed by atoms with Gasteiger partial charge in [0.1, 0.15) is 17.9 Å². The molecule has 1 aliphatic rings. The molecule has 10 heteroatoms. The molecule has 2 N–H and O–H groups in total. The molecule has 0 bridgehead atoms. The molecule has 1 saturated heterocycles. The minimum atomic E-state index is -0.278. The highest BCUT2D eigenvalue weighted by Gasteiger charge is 2.24. The van der Waals surface area contributed by atoms with Crippen molar-refractivity contribution in [3.05, 3.63) is 61.6 Å². The molecular formula is C28H32N8O2. The lowest BCUT2D eigenvalue weighted by atomic mass is 10.1. The number of hydrogen-bond donors (Lipinski definition) is 2. The first-order valence-electron chi connectivity index (χ1n) is 12.5. The second-order valence-corrected chi connectivity index (χ2v) is 9.49. The lowest BCUT2D eigenvalue weighted by Gasteiger charge is -2.39. The van der Waals surface area contributed by atoms with E-state index < -0.39 is 0 Å². The minimum absolute atomic E-state index is 0.278. The van der Waals surface area contributed by atoms with E-state index in [4.69, 9.17) is 4.74 Å². The van der Waals surface area contributed by atoms with Crippen LogP contribution in [0.3, 0.4) is 0 Å². The summed E-state index contributed by atoms with van der Waals surface area (Å²) < 4.78 is 7.60. The molecule has 1 amide bonds. The summed E-state index contributed by atoms with van der Waals surface area (Å²) >= 11 is 0. The standard InChI is InChI=1S/C28H32N8O2/c1-6-28(37)33-22-12-23(26(38-5)14-25(22)36-10-9-34(3)18(2)16-36)32-27-13-21(29-17-30-27)19-7-8-24-20(11-19)15-31-35(24)4/h6-8,11-15,17-18H,1,9-10,16H2,2-5H3,(H,33,37)(H,29,30,32). The van der Waals surface area contributed by atoms with Gasteiger partial charge in [0, 0.05) is 55.8 Å². The predicted molar refractivity (Wildman–Crippen MR) is 151 cm³/mol. The minimum Gasteiger partial charge on any atom is -0.494 e. The number of aromatic nitrogens is 4. The van der Waals surface area contributed by atoms with Crippen LogP contribution in [0.15, 0.2) is 61.6 Å². The number of nitrogens with one attached hydrogen (secondary N) is 2. The van der Waals surface area contributed by atoms with Crippen LogP contribution in [0.5, 0.6) is 5.75 Å². The van der Waals surface area contributed by atoms with Gasteiger partial charge in [-0.3, -0.25) is 9.48 Å². The second-order valence-electron chi connectivity index (χ2n) is 9.49. The number of nitrogens with zero attached hydrogens (tertiary/aromatic N) is 6. The Morgan fingerprint density at radius 2 is 1.97 bits per heavy atom. The number of carbonyl (C=O) groups excluding carboxylic acids is 1. The average Bonchev–Trinajstić information content (AvgIpc) is 3.30. The number of amides is 1. The Bertz CT molecular complexity index is 1500. The van der Waals surface area contributed by atoms with Gasteiger partial charge in [-0.05, 0) is 38.2 Å². The van der Waals surface area contributed by atoms with Crippen molar-refractivity contribution in [2.75, 3.05) is 49.3 Å². The Labute approximate surface area is 221 Å². The summed E-state index contributed by atoms with van der Waals surface area (Å²) in [5.74, 6) is 0.960. The molecule has 1 fully saturated rings. The molecule has 0 spiro atoms. The number of methoxy groups -OCH3 is 1. The van der Waals surface area contributed by atoms with Crippen LogP contribution in [0, 0.1) is 0 Å². The van der Waals surface area contributed by atoms with Gasteiger partial charge in [-0.25, -0.2) is 9.97 Å². The number of rotatable bonds is 7. The molecule has 3 heterocycles. The van der Waals surface area contributed by atoms with Crippen LogP contribution < -0.4 is 20.3 Å². The molecule has 0 saturated carbocycles. The lowest BCUT2D eigenvalue weighted by Crippen LogP contribution is -2.50. The van der Waals surface area contributed by atoms with Crippen molar-refractivity contribution in [1.29, 1.82) is 0 Å². The van der Waals surface area contributed by atoms with Crippen LogP contribution in [0.25, 0.3) is 22.2 Å². The van der Waals surface area contributed by atoms with Gasteiger partial charge in [-0.15, -0.1) is 0 Å². The maximum Gasteiger partial charge on any atom is 0.247 e. The van der Waals surface area contributed by atoms with Crippen LogP contribution in [-0.4, -0.2) is 70.4 Å². The van der Waals surface area contributed by atoms with E-state index in [2.05, 4.69) is 62.1 Å². The van der Waals surface area contributed by atoms with E-state index in [0.717, 1.165) is 47.5 Å². The molecule has 0 radical (unpaired) electrons. The fourth-order valence-electron chi connectivity index (χ4n) is 4.69. The van der Waals surface area contributed by atoms with E-state index >= 15 is 0 Å². The third kappa shape index (κ3) is 5.03. The van der Waals surface area contributed by atoms with Crippen molar-refractivity contribution in [2.45, 2.75) is 13.0 Å². The Hall–Kier alpha value is -4.44. The first kappa shape index (κ1) is 25.2. The molecule has 38 heavy (non-hydrogen) atoms. The molecule has 196 valence electrons. The largest absolute Gasteiger partial charge is 0.494 e. The third-order valence-corrected chi connectivity index (χ3v) is 7.03. The molecule has 2 aromatic heterocycles. The molecule has 10 nitrogen and oxygen atoms in total. The predicted octanol–water partition coefficient (Wildman–Crippen LogP) is 4.05. The van der Waals surface area contributed by atoms with E-state index in [0.29, 0.717) is 29.0 Å². The Kier molecular flexibility index (Phi) is 6.97. The molecular weight excluding hydrogens is 480 g/mol. The molecule has 4 aromatic rings. The Morgan fingerprint density at radius 3 is 2.74 bits per heavy atom. The quantitative estimate of drug-likeness (QED) is 0.358. The molecule has 1 aliphatic heterocycles. The van der Waals surface area contributed by atoms with Crippen LogP contribution in [0.1, 0.15) is 6.92 Å². The highest BCUT2D eigenvalue weighted by Crippen LogP contribution is 2.39. The van der Waals surface area contributed by atoms with Crippen molar-refractivity contribution in [2.24, 2.45) is 7.05 Å². The smallest absolute Gasteiger partial charge is 0.247 e. The Morgan fingerprint density at radius 1 is 1.13 bits per heavy atom. The van der Waals surface area contributed by atoms with Gasteiger partial charge >= 0.3 is 0 Å². The van der Waals surface area contributed by atoms with Gasteiger partial charge in [-0.2, -0.15) is 5.10 Å². The number of likely N-dealkylation sites (N-methyl/N-ethyl adjacent to an activating group) is 1. The average molecular weight is 513 g/mol. The second kappa shape index (κ2) is 10.5. The summed E-state index contributed by atoms with van der Waals surface area (Å²) in [5, 5.41) is 11.7. The van der Waals surface area contributed by atoms with E-state index in [1.807, 2.05) is 48.3 Å². The van der Waals surface area contributed by atoms with Gasteiger partial charge in [0.05, 0.1) is 41.6 Å². The number of piperazine rings is 1. The van der Waals surface area contributed by atoms with E-state index in [9.17, 15) is 4.79 Å². The molecule has 1 atom stereocenters. The van der Waals surface area contributed by atoms with Crippen molar-refractivity contribution < 1.29 is 9.53 Å². The zero-order valence-electron chi connectivity index (χ0n) is 22.1. The van der Waals surface area contributed by atoms with Crippen molar-refractivity contribution in [1.82, 2.24) is 24.6 Å². The summed E-state index contributed by atoms with van der Waals surface area (Å²) in [6.45, 7) is 8.40. The first-order valence-corrected chi connectivity index (χ1v) is 12.5. The topological polar surface area (TPSA) is 100 Å². The SMILES string of the molecule is C=CC(=O)Nc1cc(Nc2cc(-c3ccc4c(cnn4C)c3)ncn2)c(OC)cc1N1CCN(C)C(C)C1. The van der Waals surface area contributed by atoms with E-state index in [-0.39, 0.29) is 5.91 Å². The van der Waals surface area contributed by atoms with Crippen LogP contribution in [0.2, 0.25) is 0 Å². The fraction of sp³-hybridized carbons (Fsp3) is 0.286. The number of carbonyl (C=O) groups is 1. The van der Waals surface area contributed by atoms with E-state index in [1.165, 1.54) is 12.4 Å². The highest BCUT2D eigenvalue weighted by atomic mass is 16.5. The van der Waals surface area contributed by atoms with Gasteiger partial charge in [0.2, 0.25) is 5.91 Å². The van der Waals surface area contributed by atoms with Crippen LogP contribution >= 0.6 is 0 Å². The molecule has 5 rings (SSSR count). The number of aryl methyl sites for hydroxylation is 1. The maximum atomic E-state index is 12.3. The van der Waals surface area contributed by atoms with Gasteiger partial charge in [0.15, 0.2) is 0 Å². The van der Waals surface area contributed by atoms with Crippen molar-refractivity contribution in [3.8, 4) is 17.0 Å². The van der Waals surface area contributed by atoms with Gasteiger partial charge < -0.3 is 25.2 Å². The summed E-state index contributed by atoms with van der Waals surface area (Å²) in [5.41, 5.74) is 5.03. The zero-order valence-corrected chi connectivity index (χ0v) is 22.1. The number of benzene rings is 2. The maximum absolute atomic E-state index is 12.3. The van der Waals surface area contributed by atoms with Crippen LogP contribution in [-0.2, 0) is 11.8 Å². The number of ether oxygens (including phenoxy) is 1. The lowest BCUT2D eigenvalue weighted by molar-refractivity contribution is -0.111. The zero-order chi connectivity index (χ0) is 26.8. The Balaban J connectivity index is 1.48. The normalized spacial score (nSPS) is 15.9. The molecule has 2 aromatic carbocycles. The van der Waals surface area contributed by atoms with Crippen LogP contribution in [0.4, 0.5) is 22.9 Å². The summed E-state index contributed by atoms with van der Waals surface area (Å²) in [4.78, 5) is 25.8. The van der Waals surface area contributed by atoms with Crippen molar-refractivity contribution in [3.63, 3.8) is 0 Å². The highest BCUT2D eigenvalue weighted by molar-refractivity contribution is 6.02. The van der Waals surface area contributed by atoms with Crippen molar-refractivity contribution >= 4 is 39.7 Å². The summed E-state index contributed by atoms with van der Waals surface area (Å²) in [7, 11) is 5.68. The summed E-state index contributed by atoms with van der Waals surface area (Å²) in [6, 6.07) is 12.2. The monoisotopic (exact) mass is 512 g/mol. The number of hydrogen-bond acceptors (Lipinski definition) is 8.